The maximum Gasteiger partial charge on any atom is 0.204 e. The first-order valence-corrected chi connectivity index (χ1v) is 8.42. The molecule has 0 saturated heterocycles. The van der Waals surface area contributed by atoms with Crippen LogP contribution < -0.4 is 14.2 Å². The molecule has 0 aliphatic carbocycles. The van der Waals surface area contributed by atoms with Crippen LogP contribution in [0.25, 0.3) is 10.8 Å². The number of carbonyl (C=O) groups excluding carboxylic acids is 1. The molecule has 5 heteroatoms. The highest BCUT2D eigenvalue weighted by molar-refractivity contribution is 9.10. The van der Waals surface area contributed by atoms with Crippen molar-refractivity contribution in [3.63, 3.8) is 0 Å². The van der Waals surface area contributed by atoms with Crippen LogP contribution in [0, 0.1) is 0 Å². The van der Waals surface area contributed by atoms with Gasteiger partial charge in [0.1, 0.15) is 22.8 Å². The standard InChI is InChI=1S/C20H17BrO4/c1-23-15-5-4-6-16(24-2)19(15)20(22)18-14-9-8-13(21)11-12(14)7-10-17(18)25-3/h4-11H,1-3H3. The van der Waals surface area contributed by atoms with Gasteiger partial charge in [0.15, 0.2) is 0 Å². The molecule has 4 nitrogen and oxygen atoms in total. The Morgan fingerprint density at radius 2 is 1.40 bits per heavy atom. The van der Waals surface area contributed by atoms with Crippen molar-refractivity contribution in [2.24, 2.45) is 0 Å². The fraction of sp³-hybridized carbons (Fsp3) is 0.150. The van der Waals surface area contributed by atoms with E-state index in [1.54, 1.807) is 31.4 Å². The summed E-state index contributed by atoms with van der Waals surface area (Å²) >= 11 is 3.46. The van der Waals surface area contributed by atoms with Crippen molar-refractivity contribution in [2.45, 2.75) is 0 Å². The van der Waals surface area contributed by atoms with E-state index >= 15 is 0 Å². The minimum Gasteiger partial charge on any atom is -0.496 e. The highest BCUT2D eigenvalue weighted by Gasteiger charge is 2.24. The van der Waals surface area contributed by atoms with Crippen LogP contribution in [0.4, 0.5) is 0 Å². The molecule has 0 N–H and O–H groups in total. The van der Waals surface area contributed by atoms with Crippen molar-refractivity contribution in [1.29, 1.82) is 0 Å². The lowest BCUT2D eigenvalue weighted by atomic mass is 9.95. The van der Waals surface area contributed by atoms with Crippen molar-refractivity contribution in [1.82, 2.24) is 0 Å². The number of ether oxygens (including phenoxy) is 3. The predicted octanol–water partition coefficient (Wildman–Crippen LogP) is 4.86. The maximum absolute atomic E-state index is 13.4. The zero-order valence-electron chi connectivity index (χ0n) is 14.1. The molecule has 3 aromatic carbocycles. The molecule has 0 fully saturated rings. The maximum atomic E-state index is 13.4. The Morgan fingerprint density at radius 1 is 0.800 bits per heavy atom. The summed E-state index contributed by atoms with van der Waals surface area (Å²) in [5, 5.41) is 1.74. The monoisotopic (exact) mass is 400 g/mol. The zero-order valence-corrected chi connectivity index (χ0v) is 15.7. The van der Waals surface area contributed by atoms with Crippen LogP contribution in [-0.4, -0.2) is 27.1 Å². The van der Waals surface area contributed by atoms with Crippen LogP contribution in [0.15, 0.2) is 53.0 Å². The Hall–Kier alpha value is -2.53. The highest BCUT2D eigenvalue weighted by Crippen LogP contribution is 2.37. The molecule has 0 amide bonds. The summed E-state index contributed by atoms with van der Waals surface area (Å²) in [7, 11) is 4.61. The van der Waals surface area contributed by atoms with E-state index in [0.717, 1.165) is 15.2 Å². The molecule has 0 atom stereocenters. The van der Waals surface area contributed by atoms with Gasteiger partial charge in [-0.1, -0.05) is 34.1 Å². The fourth-order valence-corrected chi connectivity index (χ4v) is 3.26. The van der Waals surface area contributed by atoms with Gasteiger partial charge in [0.2, 0.25) is 5.78 Å². The number of fused-ring (bicyclic) bond motifs is 1. The number of ketones is 1. The first kappa shape index (κ1) is 17.3. The summed E-state index contributed by atoms with van der Waals surface area (Å²) in [6, 6.07) is 14.7. The number of halogens is 1. The average molecular weight is 401 g/mol. The molecule has 0 saturated carbocycles. The molecule has 128 valence electrons. The minimum atomic E-state index is -0.209. The van der Waals surface area contributed by atoms with Gasteiger partial charge in [-0.05, 0) is 41.1 Å². The lowest BCUT2D eigenvalue weighted by molar-refractivity contribution is 0.103. The van der Waals surface area contributed by atoms with Crippen LogP contribution >= 0.6 is 15.9 Å². The summed E-state index contributed by atoms with van der Waals surface area (Å²) in [4.78, 5) is 13.4. The molecule has 0 aliphatic heterocycles. The zero-order chi connectivity index (χ0) is 18.0. The Labute approximate surface area is 154 Å². The predicted molar refractivity (Wildman–Crippen MR) is 101 cm³/mol. The van der Waals surface area contributed by atoms with Crippen LogP contribution in [0.3, 0.4) is 0 Å². The fourth-order valence-electron chi connectivity index (χ4n) is 2.88. The number of rotatable bonds is 5. The van der Waals surface area contributed by atoms with Crippen LogP contribution in [0.2, 0.25) is 0 Å². The average Bonchev–Trinajstić information content (AvgIpc) is 2.65. The molecule has 3 aromatic rings. The van der Waals surface area contributed by atoms with E-state index in [9.17, 15) is 4.79 Å². The Kier molecular flexibility index (Phi) is 4.95. The highest BCUT2D eigenvalue weighted by atomic mass is 79.9. The molecule has 0 aliphatic rings. The van der Waals surface area contributed by atoms with E-state index in [1.807, 2.05) is 24.3 Å². The van der Waals surface area contributed by atoms with E-state index in [-0.39, 0.29) is 5.78 Å². The van der Waals surface area contributed by atoms with E-state index < -0.39 is 0 Å². The van der Waals surface area contributed by atoms with Gasteiger partial charge in [-0.15, -0.1) is 0 Å². The Balaban J connectivity index is 2.31. The third kappa shape index (κ3) is 3.07. The number of carbonyl (C=O) groups is 1. The smallest absolute Gasteiger partial charge is 0.204 e. The van der Waals surface area contributed by atoms with Crippen molar-refractivity contribution < 1.29 is 19.0 Å². The van der Waals surface area contributed by atoms with Crippen LogP contribution in [0.1, 0.15) is 15.9 Å². The van der Waals surface area contributed by atoms with Gasteiger partial charge in [-0.3, -0.25) is 4.79 Å². The normalized spacial score (nSPS) is 10.6. The summed E-state index contributed by atoms with van der Waals surface area (Å²) in [5.41, 5.74) is 0.858. The summed E-state index contributed by atoms with van der Waals surface area (Å²) in [6.45, 7) is 0. The van der Waals surface area contributed by atoms with Gasteiger partial charge < -0.3 is 14.2 Å². The number of hydrogen-bond acceptors (Lipinski definition) is 4. The van der Waals surface area contributed by atoms with E-state index in [4.69, 9.17) is 14.2 Å². The molecular formula is C20H17BrO4. The van der Waals surface area contributed by atoms with Gasteiger partial charge >= 0.3 is 0 Å². The van der Waals surface area contributed by atoms with Gasteiger partial charge in [-0.2, -0.15) is 0 Å². The Morgan fingerprint density at radius 3 is 2.00 bits per heavy atom. The van der Waals surface area contributed by atoms with Crippen LogP contribution in [0.5, 0.6) is 17.2 Å². The molecule has 0 bridgehead atoms. The molecule has 3 rings (SSSR count). The van der Waals surface area contributed by atoms with E-state index in [0.29, 0.717) is 28.4 Å². The van der Waals surface area contributed by atoms with Gasteiger partial charge in [0.25, 0.3) is 0 Å². The topological polar surface area (TPSA) is 44.8 Å². The molecule has 0 radical (unpaired) electrons. The molecule has 25 heavy (non-hydrogen) atoms. The minimum absolute atomic E-state index is 0.209. The second kappa shape index (κ2) is 7.15. The SMILES string of the molecule is COc1cccc(OC)c1C(=O)c1c(OC)ccc2cc(Br)ccc12. The summed E-state index contributed by atoms with van der Waals surface area (Å²) < 4.78 is 17.2. The molecule has 0 heterocycles. The van der Waals surface area contributed by atoms with Crippen molar-refractivity contribution >= 4 is 32.5 Å². The van der Waals surface area contributed by atoms with Gasteiger partial charge in [-0.25, -0.2) is 0 Å². The largest absolute Gasteiger partial charge is 0.496 e. The molecule has 0 spiro atoms. The number of benzene rings is 3. The first-order chi connectivity index (χ1) is 12.1. The van der Waals surface area contributed by atoms with Crippen LogP contribution in [-0.2, 0) is 0 Å². The van der Waals surface area contributed by atoms with E-state index in [1.165, 1.54) is 14.2 Å². The van der Waals surface area contributed by atoms with Crippen molar-refractivity contribution in [3.8, 4) is 17.2 Å². The Bertz CT molecular complexity index is 928. The third-order valence-corrected chi connectivity index (χ3v) is 4.54. The summed E-state index contributed by atoms with van der Waals surface area (Å²) in [5.74, 6) is 1.22. The summed E-state index contributed by atoms with van der Waals surface area (Å²) in [6.07, 6.45) is 0. The molecular weight excluding hydrogens is 384 g/mol. The van der Waals surface area contributed by atoms with Gasteiger partial charge in [0.05, 0.1) is 26.9 Å². The van der Waals surface area contributed by atoms with Gasteiger partial charge in [0, 0.05) is 4.47 Å². The third-order valence-electron chi connectivity index (χ3n) is 4.05. The first-order valence-electron chi connectivity index (χ1n) is 7.62. The lowest BCUT2D eigenvalue weighted by Gasteiger charge is -2.15. The lowest BCUT2D eigenvalue weighted by Crippen LogP contribution is -2.09. The second-order valence-electron chi connectivity index (χ2n) is 5.37. The quantitative estimate of drug-likeness (QED) is 0.573. The second-order valence-corrected chi connectivity index (χ2v) is 6.29. The molecule has 0 unspecified atom stereocenters. The van der Waals surface area contributed by atoms with Crippen molar-refractivity contribution in [3.05, 3.63) is 64.1 Å². The number of hydrogen-bond donors (Lipinski definition) is 0. The van der Waals surface area contributed by atoms with Crippen molar-refractivity contribution in [2.75, 3.05) is 21.3 Å². The van der Waals surface area contributed by atoms with E-state index in [2.05, 4.69) is 15.9 Å². The molecule has 0 aromatic heterocycles. The number of methoxy groups -OCH3 is 3.